The molecule has 204 valence electrons. The number of carbonyl (C=O) groups is 2. The van der Waals surface area contributed by atoms with E-state index in [0.717, 1.165) is 35.2 Å². The molecule has 2 aliphatic heterocycles. The van der Waals surface area contributed by atoms with E-state index in [1.807, 2.05) is 30.9 Å². The molecule has 1 aromatic carbocycles. The number of anilines is 3. The van der Waals surface area contributed by atoms with E-state index in [-0.39, 0.29) is 29.4 Å². The number of ether oxygens (including phenoxy) is 1. The molecule has 1 saturated heterocycles. The molecular weight excluding hydrogens is 538 g/mol. The molecule has 2 aromatic heterocycles. The molecule has 0 radical (unpaired) electrons. The number of hydrogen-bond acceptors (Lipinski definition) is 9. The van der Waals surface area contributed by atoms with Crippen LogP contribution in [0.2, 0.25) is 0 Å². The maximum absolute atomic E-state index is 13.3. The van der Waals surface area contributed by atoms with Gasteiger partial charge in [-0.25, -0.2) is 18.4 Å². The molecule has 2 fully saturated rings. The number of sulfone groups is 1. The van der Waals surface area contributed by atoms with Gasteiger partial charge in [-0.05, 0) is 68.0 Å². The van der Waals surface area contributed by atoms with Crippen LogP contribution in [0.5, 0.6) is 0 Å². The maximum Gasteiger partial charge on any atom is 0.256 e. The second-order valence-electron chi connectivity index (χ2n) is 10.3. The average molecular weight is 568 g/mol. The van der Waals surface area contributed by atoms with Gasteiger partial charge in [0.1, 0.15) is 18.2 Å². The van der Waals surface area contributed by atoms with E-state index in [9.17, 15) is 18.0 Å². The summed E-state index contributed by atoms with van der Waals surface area (Å²) in [6, 6.07) is 9.00. The van der Waals surface area contributed by atoms with E-state index in [4.69, 9.17) is 4.74 Å². The van der Waals surface area contributed by atoms with Gasteiger partial charge in [0.15, 0.2) is 15.0 Å². The molecule has 1 atom stereocenters. The van der Waals surface area contributed by atoms with Crippen LogP contribution in [-0.2, 0) is 25.9 Å². The number of thiazole rings is 1. The summed E-state index contributed by atoms with van der Waals surface area (Å²) in [6.07, 6.45) is 3.35. The summed E-state index contributed by atoms with van der Waals surface area (Å²) in [5, 5.41) is 3.81. The summed E-state index contributed by atoms with van der Waals surface area (Å²) in [5.41, 5.74) is 2.48. The fraction of sp³-hybridized carbons (Fsp3) is 0.407. The molecule has 0 bridgehead atoms. The van der Waals surface area contributed by atoms with Gasteiger partial charge in [0.2, 0.25) is 0 Å². The Balaban J connectivity index is 1.31. The number of morpholine rings is 1. The van der Waals surface area contributed by atoms with Gasteiger partial charge in [0, 0.05) is 18.8 Å². The molecule has 0 unspecified atom stereocenters. The first-order chi connectivity index (χ1) is 18.6. The number of aromatic nitrogens is 2. The smallest absolute Gasteiger partial charge is 0.256 e. The quantitative estimate of drug-likeness (QED) is 0.458. The Morgan fingerprint density at radius 3 is 2.69 bits per heavy atom. The molecular formula is C27H29N5O5S2. The largest absolute Gasteiger partial charge is 0.370 e. The summed E-state index contributed by atoms with van der Waals surface area (Å²) in [7, 11) is -3.65. The highest BCUT2D eigenvalue weighted by Gasteiger charge is 2.41. The minimum atomic E-state index is -3.65. The van der Waals surface area contributed by atoms with Gasteiger partial charge in [-0.15, -0.1) is 0 Å². The molecule has 2 amide bonds. The molecule has 1 saturated carbocycles. The lowest BCUT2D eigenvalue weighted by Crippen LogP contribution is -2.42. The zero-order valence-corrected chi connectivity index (χ0v) is 23.6. The summed E-state index contributed by atoms with van der Waals surface area (Å²) < 4.78 is 30.9. The monoisotopic (exact) mass is 567 g/mol. The molecule has 1 N–H and O–H groups in total. The Morgan fingerprint density at radius 1 is 1.18 bits per heavy atom. The molecule has 3 aromatic rings. The predicted molar refractivity (Wildman–Crippen MR) is 148 cm³/mol. The number of nitrogens with zero attached hydrogens (tertiary/aromatic N) is 4. The number of amides is 2. The topological polar surface area (TPSA) is 122 Å². The number of hydrogen-bond donors (Lipinski definition) is 1. The van der Waals surface area contributed by atoms with Gasteiger partial charge in [-0.1, -0.05) is 17.4 Å². The number of aryl methyl sites for hydroxylation is 1. The number of carbonyl (C=O) groups excluding carboxylic acids is 2. The van der Waals surface area contributed by atoms with Crippen molar-refractivity contribution in [2.24, 2.45) is 5.92 Å². The first-order valence-electron chi connectivity index (χ1n) is 12.9. The van der Waals surface area contributed by atoms with Crippen LogP contribution < -0.4 is 10.2 Å². The van der Waals surface area contributed by atoms with E-state index in [2.05, 4.69) is 15.3 Å². The van der Waals surface area contributed by atoms with Crippen LogP contribution in [0.1, 0.15) is 41.4 Å². The van der Waals surface area contributed by atoms with Crippen molar-refractivity contribution in [3.05, 3.63) is 47.2 Å². The zero-order chi connectivity index (χ0) is 27.5. The van der Waals surface area contributed by atoms with Crippen LogP contribution in [0, 0.1) is 12.8 Å². The van der Waals surface area contributed by atoms with Gasteiger partial charge < -0.3 is 15.0 Å². The maximum atomic E-state index is 13.3. The highest BCUT2D eigenvalue weighted by Crippen LogP contribution is 2.42. The molecule has 1 aliphatic carbocycles. The van der Waals surface area contributed by atoms with Gasteiger partial charge in [-0.3, -0.25) is 14.5 Å². The van der Waals surface area contributed by atoms with E-state index >= 15 is 0 Å². The normalized spacial score (nSPS) is 18.4. The first kappa shape index (κ1) is 25.9. The molecule has 10 nitrogen and oxygen atoms in total. The average Bonchev–Trinajstić information content (AvgIpc) is 3.61. The molecule has 3 aliphatic rings. The van der Waals surface area contributed by atoms with E-state index in [0.29, 0.717) is 53.5 Å². The Bertz CT molecular complexity index is 1600. The van der Waals surface area contributed by atoms with Gasteiger partial charge in [0.05, 0.1) is 34.2 Å². The van der Waals surface area contributed by atoms with Crippen molar-refractivity contribution in [1.29, 1.82) is 0 Å². The Kier molecular flexibility index (Phi) is 6.43. The lowest BCUT2D eigenvalue weighted by molar-refractivity contribution is -0.125. The van der Waals surface area contributed by atoms with Crippen molar-refractivity contribution >= 4 is 49.8 Å². The third-order valence-electron chi connectivity index (χ3n) is 7.49. The standard InChI is InChI=1S/C27H29N5O5S2/c1-15-25(38-27(28-15)30-21-5-4-6-22(29-21)31-9-10-37-14-23(31)33)18-11-19-13-32(16(2)17-7-8-17)26(34)24(19)20(12-18)39(3,35)36/h4-6,11-12,16-17H,7-10,13-14H2,1-3H3,(H,28,29,30)/t16-/m0/s1. The highest BCUT2D eigenvalue weighted by atomic mass is 32.2. The molecule has 12 heteroatoms. The summed E-state index contributed by atoms with van der Waals surface area (Å²) >= 11 is 1.38. The zero-order valence-electron chi connectivity index (χ0n) is 21.9. The van der Waals surface area contributed by atoms with Crippen molar-refractivity contribution in [2.45, 2.75) is 44.2 Å². The van der Waals surface area contributed by atoms with Gasteiger partial charge in [0.25, 0.3) is 11.8 Å². The van der Waals surface area contributed by atoms with Gasteiger partial charge >= 0.3 is 0 Å². The lowest BCUT2D eigenvalue weighted by Gasteiger charge is -2.26. The van der Waals surface area contributed by atoms with Crippen LogP contribution in [0.15, 0.2) is 35.2 Å². The van der Waals surface area contributed by atoms with E-state index < -0.39 is 9.84 Å². The highest BCUT2D eigenvalue weighted by molar-refractivity contribution is 7.90. The molecule has 4 heterocycles. The summed E-state index contributed by atoms with van der Waals surface area (Å²) in [4.78, 5) is 39.1. The molecule has 39 heavy (non-hydrogen) atoms. The Hall–Kier alpha value is -3.35. The number of rotatable bonds is 7. The van der Waals surface area contributed by atoms with Gasteiger partial charge in [-0.2, -0.15) is 0 Å². The lowest BCUT2D eigenvalue weighted by atomic mass is 10.0. The molecule has 0 spiro atoms. The van der Waals surface area contributed by atoms with Crippen molar-refractivity contribution in [2.75, 3.05) is 36.2 Å². The third kappa shape index (κ3) is 4.92. The van der Waals surface area contributed by atoms with Crippen molar-refractivity contribution in [3.63, 3.8) is 0 Å². The fourth-order valence-electron chi connectivity index (χ4n) is 5.26. The Morgan fingerprint density at radius 2 is 1.97 bits per heavy atom. The first-order valence-corrected chi connectivity index (χ1v) is 15.6. The summed E-state index contributed by atoms with van der Waals surface area (Å²) in [6.45, 7) is 5.25. The number of benzene rings is 1. The number of pyridine rings is 1. The van der Waals surface area contributed by atoms with Crippen molar-refractivity contribution in [1.82, 2.24) is 14.9 Å². The van der Waals surface area contributed by atoms with Crippen molar-refractivity contribution in [3.8, 4) is 10.4 Å². The Labute approximate surface area is 230 Å². The predicted octanol–water partition coefficient (Wildman–Crippen LogP) is 3.78. The van der Waals surface area contributed by atoms with E-state index in [1.54, 1.807) is 23.1 Å². The fourth-order valence-corrected chi connectivity index (χ4v) is 7.15. The van der Waals surface area contributed by atoms with Crippen LogP contribution in [0.25, 0.3) is 10.4 Å². The minimum Gasteiger partial charge on any atom is -0.370 e. The number of nitrogens with one attached hydrogen (secondary N) is 1. The number of fused-ring (bicyclic) bond motifs is 1. The van der Waals surface area contributed by atoms with E-state index in [1.165, 1.54) is 11.3 Å². The van der Waals surface area contributed by atoms with Crippen molar-refractivity contribution < 1.29 is 22.7 Å². The van der Waals surface area contributed by atoms with Crippen LogP contribution >= 0.6 is 11.3 Å². The minimum absolute atomic E-state index is 0.0352. The summed E-state index contributed by atoms with van der Waals surface area (Å²) in [5.74, 6) is 1.21. The second-order valence-corrected chi connectivity index (χ2v) is 13.3. The third-order valence-corrected chi connectivity index (χ3v) is 9.73. The van der Waals surface area contributed by atoms with Crippen LogP contribution in [0.3, 0.4) is 0 Å². The second kappa shape index (κ2) is 9.68. The van der Waals surface area contributed by atoms with Crippen LogP contribution in [0.4, 0.5) is 16.8 Å². The van der Waals surface area contributed by atoms with Crippen LogP contribution in [-0.4, -0.2) is 67.2 Å². The SMILES string of the molecule is Cc1nc(Nc2cccc(N3CCOCC3=O)n2)sc1-c1cc2c(c(S(C)(=O)=O)c1)C(=O)N([C@@H](C)C1CC1)C2. The molecule has 6 rings (SSSR count).